The molecule has 3 heterocycles. The lowest BCUT2D eigenvalue weighted by Gasteiger charge is -2.37. The van der Waals surface area contributed by atoms with Crippen molar-refractivity contribution in [2.45, 2.75) is 25.4 Å². The summed E-state index contributed by atoms with van der Waals surface area (Å²) < 4.78 is 0. The van der Waals surface area contributed by atoms with Crippen LogP contribution in [0.3, 0.4) is 0 Å². The largest absolute Gasteiger partial charge is 0.315 e. The molecule has 0 aliphatic carbocycles. The summed E-state index contributed by atoms with van der Waals surface area (Å²) in [7, 11) is 0. The van der Waals surface area contributed by atoms with Gasteiger partial charge in [-0.25, -0.2) is 4.98 Å². The molecule has 30 heavy (non-hydrogen) atoms. The van der Waals surface area contributed by atoms with Crippen LogP contribution in [0.1, 0.15) is 19.4 Å². The Morgan fingerprint density at radius 1 is 0.667 bits per heavy atom. The number of hydrogen-bond acceptors (Lipinski definition) is 3. The molecule has 0 fully saturated rings. The van der Waals surface area contributed by atoms with Crippen molar-refractivity contribution >= 4 is 22.9 Å². The van der Waals surface area contributed by atoms with Gasteiger partial charge in [-0.15, -0.1) is 0 Å². The topological polar surface area (TPSA) is 19.4 Å². The Labute approximate surface area is 177 Å². The summed E-state index contributed by atoms with van der Waals surface area (Å²) in [5.74, 6) is 1.03. The number of benzene rings is 3. The molecule has 4 aromatic rings. The van der Waals surface area contributed by atoms with Gasteiger partial charge < -0.3 is 9.80 Å². The fraction of sp³-hybridized carbons (Fsp3) is 0.148. The number of rotatable bonds is 2. The Kier molecular flexibility index (Phi) is 3.57. The summed E-state index contributed by atoms with van der Waals surface area (Å²) in [6, 6.07) is 32.4. The van der Waals surface area contributed by atoms with Gasteiger partial charge in [-0.05, 0) is 35.4 Å². The summed E-state index contributed by atoms with van der Waals surface area (Å²) in [4.78, 5) is 9.74. The van der Waals surface area contributed by atoms with Gasteiger partial charge in [-0.1, -0.05) is 80.6 Å². The molecule has 2 aliphatic rings. The highest BCUT2D eigenvalue weighted by Crippen LogP contribution is 2.58. The fourth-order valence-corrected chi connectivity index (χ4v) is 5.19. The van der Waals surface area contributed by atoms with Gasteiger partial charge in [0.15, 0.2) is 5.82 Å². The molecule has 0 bridgehead atoms. The molecule has 3 nitrogen and oxygen atoms in total. The molecule has 0 amide bonds. The van der Waals surface area contributed by atoms with Gasteiger partial charge in [0.1, 0.15) is 6.17 Å². The molecule has 1 aromatic heterocycles. The highest BCUT2D eigenvalue weighted by Gasteiger charge is 2.54. The Morgan fingerprint density at radius 2 is 1.33 bits per heavy atom. The fourth-order valence-electron chi connectivity index (χ4n) is 5.19. The third kappa shape index (κ3) is 2.23. The van der Waals surface area contributed by atoms with Crippen LogP contribution in [0.5, 0.6) is 0 Å². The molecule has 0 saturated carbocycles. The van der Waals surface area contributed by atoms with Gasteiger partial charge in [0, 0.05) is 22.9 Å². The first-order valence-corrected chi connectivity index (χ1v) is 10.5. The molecule has 3 heteroatoms. The Balaban J connectivity index is 1.62. The van der Waals surface area contributed by atoms with Crippen molar-refractivity contribution in [1.82, 2.24) is 4.98 Å². The number of hydrogen-bond donors (Lipinski definition) is 0. The van der Waals surface area contributed by atoms with Gasteiger partial charge >= 0.3 is 0 Å². The van der Waals surface area contributed by atoms with E-state index in [2.05, 4.69) is 109 Å². The zero-order valence-electron chi connectivity index (χ0n) is 17.2. The molecule has 1 atom stereocenters. The van der Waals surface area contributed by atoms with E-state index < -0.39 is 0 Å². The van der Waals surface area contributed by atoms with Crippen molar-refractivity contribution in [2.75, 3.05) is 9.80 Å². The van der Waals surface area contributed by atoms with Crippen LogP contribution in [-0.2, 0) is 5.41 Å². The van der Waals surface area contributed by atoms with E-state index in [1.54, 1.807) is 0 Å². The zero-order chi connectivity index (χ0) is 20.3. The van der Waals surface area contributed by atoms with E-state index in [1.807, 2.05) is 12.3 Å². The van der Waals surface area contributed by atoms with E-state index in [9.17, 15) is 0 Å². The Hall–Kier alpha value is -3.59. The monoisotopic (exact) mass is 389 g/mol. The van der Waals surface area contributed by atoms with E-state index in [0.29, 0.717) is 0 Å². The average Bonchev–Trinajstić information content (AvgIpc) is 3.26. The number of fused-ring (bicyclic) bond motifs is 5. The maximum atomic E-state index is 4.83. The minimum Gasteiger partial charge on any atom is -0.315 e. The normalized spacial score (nSPS) is 18.1. The van der Waals surface area contributed by atoms with Gasteiger partial charge in [-0.3, -0.25) is 0 Å². The van der Waals surface area contributed by atoms with Crippen molar-refractivity contribution in [1.29, 1.82) is 0 Å². The van der Waals surface area contributed by atoms with Crippen molar-refractivity contribution < 1.29 is 0 Å². The van der Waals surface area contributed by atoms with Crippen LogP contribution < -0.4 is 9.80 Å². The van der Waals surface area contributed by atoms with Crippen molar-refractivity contribution in [3.63, 3.8) is 0 Å². The Morgan fingerprint density at radius 3 is 2.17 bits per heavy atom. The average molecular weight is 390 g/mol. The van der Waals surface area contributed by atoms with Gasteiger partial charge in [0.2, 0.25) is 0 Å². The molecule has 6 rings (SSSR count). The molecule has 0 saturated heterocycles. The predicted molar refractivity (Wildman–Crippen MR) is 124 cm³/mol. The first kappa shape index (κ1) is 17.3. The molecule has 0 N–H and O–H groups in total. The third-order valence-corrected chi connectivity index (χ3v) is 6.49. The van der Waals surface area contributed by atoms with E-state index in [4.69, 9.17) is 4.98 Å². The molecule has 2 aliphatic heterocycles. The van der Waals surface area contributed by atoms with Crippen LogP contribution in [0.2, 0.25) is 0 Å². The van der Waals surface area contributed by atoms with E-state index in [-0.39, 0.29) is 11.6 Å². The van der Waals surface area contributed by atoms with Crippen molar-refractivity contribution in [3.8, 4) is 11.1 Å². The molecule has 1 unspecified atom stereocenters. The van der Waals surface area contributed by atoms with Crippen LogP contribution in [-0.4, -0.2) is 11.1 Å². The molecule has 3 aromatic carbocycles. The lowest BCUT2D eigenvalue weighted by molar-refractivity contribution is 0.450. The number of anilines is 4. The second-order valence-corrected chi connectivity index (χ2v) is 8.58. The standard InChI is InChI=1S/C27H23N3/c1-27(2)21-14-7-9-16-23(21)30-25-24(17-10-18-28-25)29(26(27)30)22-15-8-6-13-20(22)19-11-4-3-5-12-19/h3-18,26H,1-2H3. The second-order valence-electron chi connectivity index (χ2n) is 8.58. The first-order chi connectivity index (χ1) is 14.7. The summed E-state index contributed by atoms with van der Waals surface area (Å²) in [5.41, 5.74) is 7.40. The maximum absolute atomic E-state index is 4.83. The second kappa shape index (κ2) is 6.20. The highest BCUT2D eigenvalue weighted by atomic mass is 15.5. The molecular formula is C27H23N3. The van der Waals surface area contributed by atoms with Crippen LogP contribution in [0.15, 0.2) is 97.2 Å². The van der Waals surface area contributed by atoms with E-state index >= 15 is 0 Å². The summed E-state index contributed by atoms with van der Waals surface area (Å²) in [6.07, 6.45) is 2.03. The molecule has 0 spiro atoms. The highest BCUT2D eigenvalue weighted by molar-refractivity contribution is 5.94. The SMILES string of the molecule is CC1(C)c2ccccc2N2c3ncccc3N(c3ccccc3-c3ccccc3)C21. The number of para-hydroxylation sites is 2. The van der Waals surface area contributed by atoms with Gasteiger partial charge in [0.25, 0.3) is 0 Å². The zero-order valence-corrected chi connectivity index (χ0v) is 17.2. The van der Waals surface area contributed by atoms with Crippen LogP contribution >= 0.6 is 0 Å². The van der Waals surface area contributed by atoms with E-state index in [0.717, 1.165) is 11.5 Å². The minimum absolute atomic E-state index is 0.0684. The maximum Gasteiger partial charge on any atom is 0.158 e. The lowest BCUT2D eigenvalue weighted by Crippen LogP contribution is -2.46. The first-order valence-electron chi connectivity index (χ1n) is 10.5. The molecule has 146 valence electrons. The molecule has 0 radical (unpaired) electrons. The third-order valence-electron chi connectivity index (χ3n) is 6.49. The quantitative estimate of drug-likeness (QED) is 0.382. The van der Waals surface area contributed by atoms with Gasteiger partial charge in [0.05, 0.1) is 11.4 Å². The van der Waals surface area contributed by atoms with Gasteiger partial charge in [-0.2, -0.15) is 0 Å². The minimum atomic E-state index is -0.0684. The number of nitrogens with zero attached hydrogens (tertiary/aromatic N) is 3. The van der Waals surface area contributed by atoms with Crippen LogP contribution in [0.4, 0.5) is 22.9 Å². The predicted octanol–water partition coefficient (Wildman–Crippen LogP) is 6.66. The summed E-state index contributed by atoms with van der Waals surface area (Å²) in [6.45, 7) is 4.70. The smallest absolute Gasteiger partial charge is 0.158 e. The van der Waals surface area contributed by atoms with E-state index in [1.165, 1.54) is 28.1 Å². The summed E-state index contributed by atoms with van der Waals surface area (Å²) >= 11 is 0. The molecular weight excluding hydrogens is 366 g/mol. The number of pyridine rings is 1. The van der Waals surface area contributed by atoms with Crippen LogP contribution in [0.25, 0.3) is 11.1 Å². The Bertz CT molecular complexity index is 1250. The van der Waals surface area contributed by atoms with Crippen molar-refractivity contribution in [3.05, 3.63) is 103 Å². The number of aromatic nitrogens is 1. The summed E-state index contributed by atoms with van der Waals surface area (Å²) in [5, 5.41) is 0. The lowest BCUT2D eigenvalue weighted by atomic mass is 9.83. The van der Waals surface area contributed by atoms with Crippen molar-refractivity contribution in [2.24, 2.45) is 0 Å². The van der Waals surface area contributed by atoms with Crippen LogP contribution in [0, 0.1) is 0 Å².